The Morgan fingerprint density at radius 1 is 0.400 bits per heavy atom. The number of phosphoric acid groups is 1. The number of unbranched alkanes of at least 4 members (excludes halogenated alkanes) is 46. The molecule has 75 heavy (non-hydrogen) atoms. The van der Waals surface area contributed by atoms with Gasteiger partial charge in [-0.1, -0.05) is 302 Å². The summed E-state index contributed by atoms with van der Waals surface area (Å²) in [5.74, 6) is -0.809. The van der Waals surface area contributed by atoms with Crippen LogP contribution in [0.15, 0.2) is 12.2 Å². The van der Waals surface area contributed by atoms with Gasteiger partial charge in [0.15, 0.2) is 6.10 Å². The number of phosphoric ester groups is 1. The van der Waals surface area contributed by atoms with Crippen molar-refractivity contribution in [1.82, 2.24) is 0 Å². The first-order valence-electron chi connectivity index (χ1n) is 32.9. The largest absolute Gasteiger partial charge is 0.756 e. The van der Waals surface area contributed by atoms with Crippen LogP contribution in [0.3, 0.4) is 0 Å². The zero-order chi connectivity index (χ0) is 54.9. The number of hydrogen-bond acceptors (Lipinski definition) is 8. The summed E-state index contributed by atoms with van der Waals surface area (Å²) in [6, 6.07) is 0. The molecule has 0 aliphatic rings. The first-order valence-corrected chi connectivity index (χ1v) is 34.4. The molecule has 9 nitrogen and oxygen atoms in total. The van der Waals surface area contributed by atoms with Crippen LogP contribution < -0.4 is 4.89 Å². The maximum Gasteiger partial charge on any atom is 0.306 e. The van der Waals surface area contributed by atoms with Crippen molar-refractivity contribution in [2.75, 3.05) is 47.5 Å². The number of esters is 2. The third-order valence-electron chi connectivity index (χ3n) is 15.0. The molecule has 0 aromatic rings. The van der Waals surface area contributed by atoms with Crippen molar-refractivity contribution in [3.05, 3.63) is 12.2 Å². The first kappa shape index (κ1) is 73.8. The summed E-state index contributed by atoms with van der Waals surface area (Å²) in [5, 5.41) is 0. The second-order valence-electron chi connectivity index (χ2n) is 23.8. The molecule has 0 saturated heterocycles. The molecule has 0 saturated carbocycles. The van der Waals surface area contributed by atoms with Crippen LogP contribution in [-0.2, 0) is 32.7 Å². The molecule has 0 heterocycles. The van der Waals surface area contributed by atoms with Crippen LogP contribution in [-0.4, -0.2) is 70.0 Å². The molecule has 2 unspecified atom stereocenters. The molecule has 10 heteroatoms. The third kappa shape index (κ3) is 61.8. The van der Waals surface area contributed by atoms with Gasteiger partial charge in [0.2, 0.25) is 0 Å². The Kier molecular flexibility index (Phi) is 56.5. The number of allylic oxidation sites excluding steroid dienone is 2. The number of rotatable bonds is 62. The Morgan fingerprint density at radius 2 is 0.680 bits per heavy atom. The lowest BCUT2D eigenvalue weighted by atomic mass is 10.0. The third-order valence-corrected chi connectivity index (χ3v) is 16.0. The standard InChI is InChI=1S/C65H128NO8P/c1-6-8-10-12-14-16-18-20-22-24-26-28-29-30-31-32-33-34-35-36-37-38-40-42-44-46-48-50-52-54-56-58-65(68)74-63(62-73-75(69,70)72-60-59-66(3,4)5)61-71-64(67)57-55-53-51-49-47-45-43-41-39-27-25-23-21-19-17-15-13-11-9-7-2/h24,26,63H,6-23,25,27-62H2,1-5H3/b26-24-. The Hall–Kier alpha value is -1.25. The highest BCUT2D eigenvalue weighted by Crippen LogP contribution is 2.38. The fourth-order valence-electron chi connectivity index (χ4n) is 9.95. The van der Waals surface area contributed by atoms with Crippen LogP contribution in [0, 0.1) is 0 Å². The molecular weight excluding hydrogens is 954 g/mol. The smallest absolute Gasteiger partial charge is 0.306 e. The fraction of sp³-hybridized carbons (Fsp3) is 0.938. The predicted octanol–water partition coefficient (Wildman–Crippen LogP) is 20.1. The van der Waals surface area contributed by atoms with Gasteiger partial charge in [-0.05, 0) is 38.5 Å². The second-order valence-corrected chi connectivity index (χ2v) is 25.3. The number of nitrogens with zero attached hydrogens (tertiary/aromatic N) is 1. The molecule has 0 N–H and O–H groups in total. The highest BCUT2D eigenvalue weighted by molar-refractivity contribution is 7.45. The highest BCUT2D eigenvalue weighted by Gasteiger charge is 2.22. The Balaban J connectivity index is 4.00. The quantitative estimate of drug-likeness (QED) is 0.0195. The van der Waals surface area contributed by atoms with Gasteiger partial charge in [-0.3, -0.25) is 14.2 Å². The minimum Gasteiger partial charge on any atom is -0.756 e. The minimum absolute atomic E-state index is 0.0260. The Labute approximate surface area is 466 Å². The maximum absolute atomic E-state index is 12.8. The van der Waals surface area contributed by atoms with Crippen molar-refractivity contribution in [2.24, 2.45) is 0 Å². The van der Waals surface area contributed by atoms with Crippen molar-refractivity contribution in [2.45, 2.75) is 347 Å². The Morgan fingerprint density at radius 3 is 0.987 bits per heavy atom. The topological polar surface area (TPSA) is 111 Å². The van der Waals surface area contributed by atoms with Crippen molar-refractivity contribution in [1.29, 1.82) is 0 Å². The van der Waals surface area contributed by atoms with E-state index in [-0.39, 0.29) is 32.0 Å². The van der Waals surface area contributed by atoms with Crippen LogP contribution in [0.25, 0.3) is 0 Å². The first-order chi connectivity index (χ1) is 36.5. The zero-order valence-corrected chi connectivity index (χ0v) is 51.7. The summed E-state index contributed by atoms with van der Waals surface area (Å²) in [7, 11) is 1.19. The van der Waals surface area contributed by atoms with E-state index in [1.165, 1.54) is 276 Å². The number of hydrogen-bond donors (Lipinski definition) is 0. The summed E-state index contributed by atoms with van der Waals surface area (Å²) in [4.78, 5) is 38.0. The minimum atomic E-state index is -4.63. The van der Waals surface area contributed by atoms with Crippen molar-refractivity contribution >= 4 is 19.8 Å². The van der Waals surface area contributed by atoms with Crippen LogP contribution >= 0.6 is 7.82 Å². The van der Waals surface area contributed by atoms with Gasteiger partial charge in [0.1, 0.15) is 19.8 Å². The number of carbonyl (C=O) groups is 2. The number of ether oxygens (including phenoxy) is 2. The van der Waals surface area contributed by atoms with E-state index < -0.39 is 26.5 Å². The van der Waals surface area contributed by atoms with E-state index in [0.29, 0.717) is 17.4 Å². The van der Waals surface area contributed by atoms with Gasteiger partial charge >= 0.3 is 11.9 Å². The molecule has 2 atom stereocenters. The highest BCUT2D eigenvalue weighted by atomic mass is 31.2. The van der Waals surface area contributed by atoms with E-state index in [9.17, 15) is 19.0 Å². The lowest BCUT2D eigenvalue weighted by molar-refractivity contribution is -0.870. The van der Waals surface area contributed by atoms with Crippen molar-refractivity contribution in [3.63, 3.8) is 0 Å². The van der Waals surface area contributed by atoms with Gasteiger partial charge in [0, 0.05) is 12.8 Å². The molecule has 0 spiro atoms. The summed E-state index contributed by atoms with van der Waals surface area (Å²) >= 11 is 0. The molecular formula is C65H128NO8P. The van der Waals surface area contributed by atoms with Crippen LogP contribution in [0.1, 0.15) is 341 Å². The van der Waals surface area contributed by atoms with Gasteiger partial charge in [-0.25, -0.2) is 0 Å². The molecule has 0 aromatic heterocycles. The van der Waals surface area contributed by atoms with Gasteiger partial charge in [-0.2, -0.15) is 0 Å². The monoisotopic (exact) mass is 1080 g/mol. The van der Waals surface area contributed by atoms with Gasteiger partial charge < -0.3 is 27.9 Å². The molecule has 0 rings (SSSR count). The normalized spacial score (nSPS) is 13.2. The predicted molar refractivity (Wildman–Crippen MR) is 319 cm³/mol. The lowest BCUT2D eigenvalue weighted by Crippen LogP contribution is -2.37. The van der Waals surface area contributed by atoms with Crippen molar-refractivity contribution < 1.29 is 42.1 Å². The average Bonchev–Trinajstić information content (AvgIpc) is 3.37. The van der Waals surface area contributed by atoms with E-state index in [0.717, 1.165) is 32.1 Å². The second kappa shape index (κ2) is 57.4. The van der Waals surface area contributed by atoms with Crippen molar-refractivity contribution in [3.8, 4) is 0 Å². The van der Waals surface area contributed by atoms with Gasteiger partial charge in [-0.15, -0.1) is 0 Å². The molecule has 446 valence electrons. The van der Waals surface area contributed by atoms with Crippen LogP contribution in [0.4, 0.5) is 0 Å². The Bertz CT molecular complexity index is 1270. The van der Waals surface area contributed by atoms with Gasteiger partial charge in [0.25, 0.3) is 7.82 Å². The summed E-state index contributed by atoms with van der Waals surface area (Å²) in [6.45, 7) is 4.32. The molecule has 0 bridgehead atoms. The van der Waals surface area contributed by atoms with Crippen LogP contribution in [0.5, 0.6) is 0 Å². The molecule has 0 amide bonds. The van der Waals surface area contributed by atoms with E-state index >= 15 is 0 Å². The van der Waals surface area contributed by atoms with E-state index in [4.69, 9.17) is 18.5 Å². The average molecular weight is 1080 g/mol. The maximum atomic E-state index is 12.8. The molecule has 0 aliphatic heterocycles. The van der Waals surface area contributed by atoms with Gasteiger partial charge in [0.05, 0.1) is 27.7 Å². The number of likely N-dealkylation sites (N-methyl/N-ethyl adjacent to an activating group) is 1. The summed E-state index contributed by atoms with van der Waals surface area (Å²) < 4.78 is 34.3. The molecule has 0 radical (unpaired) electrons. The van der Waals surface area contributed by atoms with E-state index in [2.05, 4.69) is 26.0 Å². The van der Waals surface area contributed by atoms with E-state index in [1.807, 2.05) is 21.1 Å². The SMILES string of the molecule is CCCCCCCCCC/C=C\CCCCCCCCCCCCCCCCCCCCCC(=O)OC(COC(=O)CCCCCCCCCCCCCCCCCCCCCC)COP(=O)([O-])OCC[N+](C)(C)C. The van der Waals surface area contributed by atoms with Crippen LogP contribution in [0.2, 0.25) is 0 Å². The number of quaternary nitrogens is 1. The molecule has 0 aliphatic carbocycles. The number of carbonyl (C=O) groups excluding carboxylic acids is 2. The molecule has 0 aromatic carbocycles. The van der Waals surface area contributed by atoms with E-state index in [1.54, 1.807) is 0 Å². The zero-order valence-electron chi connectivity index (χ0n) is 50.8. The lowest BCUT2D eigenvalue weighted by Gasteiger charge is -2.28. The summed E-state index contributed by atoms with van der Waals surface area (Å²) in [5.41, 5.74) is 0. The summed E-state index contributed by atoms with van der Waals surface area (Å²) in [6.07, 6.45) is 68.5. The fourth-order valence-corrected chi connectivity index (χ4v) is 10.7. The molecule has 0 fully saturated rings.